The topological polar surface area (TPSA) is 46.2 Å². The predicted molar refractivity (Wildman–Crippen MR) is 54.7 cm³/mol. The van der Waals surface area contributed by atoms with Gasteiger partial charge in [-0.25, -0.2) is 4.39 Å². The highest BCUT2D eigenvalue weighted by Gasteiger charge is 2.15. The number of hydrogen-bond donors (Lipinski definition) is 2. The van der Waals surface area contributed by atoms with Gasteiger partial charge >= 0.3 is 0 Å². The summed E-state index contributed by atoms with van der Waals surface area (Å²) in [7, 11) is 0. The fourth-order valence-electron chi connectivity index (χ4n) is 1.28. The van der Waals surface area contributed by atoms with Crippen LogP contribution < -0.4 is 5.73 Å². The Labute approximate surface area is 83.6 Å². The molecular weight excluding hydrogens is 181 g/mol. The molecule has 0 aromatic heterocycles. The zero-order chi connectivity index (χ0) is 10.4. The lowest BCUT2D eigenvalue weighted by atomic mass is 10.0. The summed E-state index contributed by atoms with van der Waals surface area (Å²) in [5.74, 6) is 0. The van der Waals surface area contributed by atoms with Crippen LogP contribution in [-0.4, -0.2) is 23.9 Å². The number of rotatable bonds is 5. The molecule has 0 aliphatic carbocycles. The highest BCUT2D eigenvalue weighted by molar-refractivity contribution is 5.14. The number of aliphatic hydroxyl groups excluding tert-OH is 1. The van der Waals surface area contributed by atoms with Crippen LogP contribution in [0.1, 0.15) is 12.0 Å². The third-order valence-electron chi connectivity index (χ3n) is 2.23. The summed E-state index contributed by atoms with van der Waals surface area (Å²) in [6.07, 6.45) is -0.0956. The second-order valence-electron chi connectivity index (χ2n) is 3.39. The second-order valence-corrected chi connectivity index (χ2v) is 3.39. The summed E-state index contributed by atoms with van der Waals surface area (Å²) >= 11 is 0. The Morgan fingerprint density at radius 3 is 2.50 bits per heavy atom. The van der Waals surface area contributed by atoms with Crippen molar-refractivity contribution in [3.05, 3.63) is 35.9 Å². The average molecular weight is 197 g/mol. The van der Waals surface area contributed by atoms with Crippen LogP contribution >= 0.6 is 0 Å². The standard InChI is InChI=1S/C11H16FNO/c12-10(11(13)8-14)7-6-9-4-2-1-3-5-9/h1-5,10-11,14H,6-8,13H2/t10-,11-/m0/s1. The van der Waals surface area contributed by atoms with Gasteiger partial charge in [-0.1, -0.05) is 30.3 Å². The quantitative estimate of drug-likeness (QED) is 0.747. The highest BCUT2D eigenvalue weighted by atomic mass is 19.1. The van der Waals surface area contributed by atoms with Crippen LogP contribution in [0.25, 0.3) is 0 Å². The van der Waals surface area contributed by atoms with Gasteiger partial charge in [-0.3, -0.25) is 0 Å². The molecule has 0 radical (unpaired) electrons. The molecule has 0 saturated carbocycles. The van der Waals surface area contributed by atoms with E-state index in [0.717, 1.165) is 5.56 Å². The van der Waals surface area contributed by atoms with Crippen LogP contribution in [0, 0.1) is 0 Å². The van der Waals surface area contributed by atoms with E-state index in [9.17, 15) is 4.39 Å². The monoisotopic (exact) mass is 197 g/mol. The minimum Gasteiger partial charge on any atom is -0.395 e. The molecular formula is C11H16FNO. The van der Waals surface area contributed by atoms with Gasteiger partial charge in [0.05, 0.1) is 12.6 Å². The Kier molecular flexibility index (Phi) is 4.56. The lowest BCUT2D eigenvalue weighted by Gasteiger charge is -2.13. The zero-order valence-electron chi connectivity index (χ0n) is 8.07. The van der Waals surface area contributed by atoms with E-state index in [2.05, 4.69) is 0 Å². The van der Waals surface area contributed by atoms with Gasteiger partial charge in [-0.15, -0.1) is 0 Å². The lowest BCUT2D eigenvalue weighted by Crippen LogP contribution is -2.35. The van der Waals surface area contributed by atoms with E-state index in [1.807, 2.05) is 30.3 Å². The van der Waals surface area contributed by atoms with Gasteiger partial charge in [0.2, 0.25) is 0 Å². The molecule has 14 heavy (non-hydrogen) atoms. The van der Waals surface area contributed by atoms with Crippen molar-refractivity contribution in [2.45, 2.75) is 25.1 Å². The minimum atomic E-state index is -1.12. The molecule has 0 amide bonds. The number of hydrogen-bond acceptors (Lipinski definition) is 2. The molecule has 0 aliphatic rings. The summed E-state index contributed by atoms with van der Waals surface area (Å²) in [6, 6.07) is 8.94. The maximum Gasteiger partial charge on any atom is 0.118 e. The van der Waals surface area contributed by atoms with Crippen LogP contribution in [0.2, 0.25) is 0 Å². The van der Waals surface area contributed by atoms with E-state index < -0.39 is 12.2 Å². The number of benzene rings is 1. The van der Waals surface area contributed by atoms with Crippen molar-refractivity contribution in [2.24, 2.45) is 5.73 Å². The molecule has 0 bridgehead atoms. The fourth-order valence-corrected chi connectivity index (χ4v) is 1.28. The molecule has 1 rings (SSSR count). The Morgan fingerprint density at radius 1 is 1.29 bits per heavy atom. The number of halogens is 1. The van der Waals surface area contributed by atoms with Crippen molar-refractivity contribution in [1.82, 2.24) is 0 Å². The molecule has 3 N–H and O–H groups in total. The molecule has 2 nitrogen and oxygen atoms in total. The van der Waals surface area contributed by atoms with Crippen LogP contribution in [0.15, 0.2) is 30.3 Å². The third-order valence-corrected chi connectivity index (χ3v) is 2.23. The SMILES string of the molecule is N[C@@H](CO)[C@@H](F)CCc1ccccc1. The van der Waals surface area contributed by atoms with Gasteiger partial charge in [0.25, 0.3) is 0 Å². The normalized spacial score (nSPS) is 15.1. The van der Waals surface area contributed by atoms with Crippen molar-refractivity contribution in [1.29, 1.82) is 0 Å². The molecule has 2 atom stereocenters. The van der Waals surface area contributed by atoms with Crippen LogP contribution in [0.4, 0.5) is 4.39 Å². The van der Waals surface area contributed by atoms with Gasteiger partial charge in [-0.2, -0.15) is 0 Å². The molecule has 3 heteroatoms. The Bertz CT molecular complexity index is 253. The van der Waals surface area contributed by atoms with E-state index in [0.29, 0.717) is 12.8 Å². The molecule has 78 valence electrons. The summed E-state index contributed by atoms with van der Waals surface area (Å²) in [5, 5.41) is 8.64. The van der Waals surface area contributed by atoms with Crippen LogP contribution in [0.5, 0.6) is 0 Å². The van der Waals surface area contributed by atoms with Crippen LogP contribution in [-0.2, 0) is 6.42 Å². The van der Waals surface area contributed by atoms with E-state index in [1.165, 1.54) is 0 Å². The zero-order valence-corrected chi connectivity index (χ0v) is 8.07. The van der Waals surface area contributed by atoms with E-state index in [-0.39, 0.29) is 6.61 Å². The first-order valence-electron chi connectivity index (χ1n) is 4.78. The highest BCUT2D eigenvalue weighted by Crippen LogP contribution is 2.09. The van der Waals surface area contributed by atoms with Crippen molar-refractivity contribution < 1.29 is 9.50 Å². The first-order chi connectivity index (χ1) is 6.74. The molecule has 0 heterocycles. The van der Waals surface area contributed by atoms with Gasteiger partial charge < -0.3 is 10.8 Å². The minimum absolute atomic E-state index is 0.296. The van der Waals surface area contributed by atoms with Crippen molar-refractivity contribution in [3.8, 4) is 0 Å². The van der Waals surface area contributed by atoms with E-state index >= 15 is 0 Å². The first kappa shape index (κ1) is 11.1. The third kappa shape index (κ3) is 3.44. The van der Waals surface area contributed by atoms with Crippen molar-refractivity contribution >= 4 is 0 Å². The average Bonchev–Trinajstić information content (AvgIpc) is 2.26. The van der Waals surface area contributed by atoms with Crippen molar-refractivity contribution in [3.63, 3.8) is 0 Å². The second kappa shape index (κ2) is 5.73. The number of aliphatic hydroxyl groups is 1. The van der Waals surface area contributed by atoms with Crippen LogP contribution in [0.3, 0.4) is 0 Å². The molecule has 0 aliphatic heterocycles. The Hall–Kier alpha value is -0.930. The Balaban J connectivity index is 2.34. The van der Waals surface area contributed by atoms with Crippen molar-refractivity contribution in [2.75, 3.05) is 6.61 Å². The largest absolute Gasteiger partial charge is 0.395 e. The summed E-state index contributed by atoms with van der Waals surface area (Å²) in [6.45, 7) is -0.296. The molecule has 0 spiro atoms. The van der Waals surface area contributed by atoms with E-state index in [4.69, 9.17) is 10.8 Å². The first-order valence-corrected chi connectivity index (χ1v) is 4.78. The van der Waals surface area contributed by atoms with Gasteiger partial charge in [0.15, 0.2) is 0 Å². The Morgan fingerprint density at radius 2 is 1.93 bits per heavy atom. The van der Waals surface area contributed by atoms with Gasteiger partial charge in [0, 0.05) is 0 Å². The number of aryl methyl sites for hydroxylation is 1. The van der Waals surface area contributed by atoms with E-state index in [1.54, 1.807) is 0 Å². The fraction of sp³-hybridized carbons (Fsp3) is 0.455. The smallest absolute Gasteiger partial charge is 0.118 e. The molecule has 0 fully saturated rings. The predicted octanol–water partition coefficient (Wildman–Crippen LogP) is 1.28. The summed E-state index contributed by atoms with van der Waals surface area (Å²) < 4.78 is 13.2. The summed E-state index contributed by atoms with van der Waals surface area (Å²) in [5.41, 5.74) is 6.45. The number of alkyl halides is 1. The van der Waals surface area contributed by atoms with Gasteiger partial charge in [0.1, 0.15) is 6.17 Å². The molecule has 1 aromatic carbocycles. The molecule has 1 aromatic rings. The summed E-state index contributed by atoms with van der Waals surface area (Å²) in [4.78, 5) is 0. The molecule has 0 unspecified atom stereocenters. The number of nitrogens with two attached hydrogens (primary N) is 1. The maximum atomic E-state index is 13.2. The van der Waals surface area contributed by atoms with Gasteiger partial charge in [-0.05, 0) is 18.4 Å². The molecule has 0 saturated heterocycles. The maximum absolute atomic E-state index is 13.2. The lowest BCUT2D eigenvalue weighted by molar-refractivity contribution is 0.182.